The third kappa shape index (κ3) is 2.54. The minimum atomic E-state index is -2.23. The quantitative estimate of drug-likeness (QED) is 0.769. The third-order valence-corrected chi connectivity index (χ3v) is 6.60. The van der Waals surface area contributed by atoms with Gasteiger partial charge in [-0.1, -0.05) is 5.57 Å². The molecule has 98 valence electrons. The molecule has 0 saturated carbocycles. The molecule has 1 aromatic carbocycles. The smallest absolute Gasteiger partial charge is 0.136 e. The van der Waals surface area contributed by atoms with Gasteiger partial charge in [-0.15, -0.1) is 0 Å². The summed E-state index contributed by atoms with van der Waals surface area (Å²) in [5.74, 6) is 2.00. The number of hydrogen-bond acceptors (Lipinski definition) is 2. The summed E-state index contributed by atoms with van der Waals surface area (Å²) in [5.41, 5.74) is 2.49. The van der Waals surface area contributed by atoms with Crippen molar-refractivity contribution < 1.29 is 4.57 Å². The summed E-state index contributed by atoms with van der Waals surface area (Å²) in [6.45, 7) is 8.40. The zero-order valence-corrected chi connectivity index (χ0v) is 12.4. The second-order valence-corrected chi connectivity index (χ2v) is 7.75. The topological polar surface area (TPSA) is 20.3 Å². The first kappa shape index (κ1) is 13.4. The van der Waals surface area contributed by atoms with Gasteiger partial charge in [-0.05, 0) is 57.3 Å². The van der Waals surface area contributed by atoms with E-state index in [-0.39, 0.29) is 0 Å². The lowest BCUT2D eigenvalue weighted by Gasteiger charge is -2.21. The van der Waals surface area contributed by atoms with Crippen molar-refractivity contribution in [3.8, 4) is 0 Å². The van der Waals surface area contributed by atoms with Crippen LogP contribution in [0.4, 0.5) is 5.69 Å². The van der Waals surface area contributed by atoms with Gasteiger partial charge in [0.25, 0.3) is 0 Å². The average Bonchev–Trinajstić information content (AvgIpc) is 2.73. The van der Waals surface area contributed by atoms with Gasteiger partial charge in [0, 0.05) is 30.2 Å². The number of benzene rings is 1. The minimum absolute atomic E-state index is 0.809. The lowest BCUT2D eigenvalue weighted by Crippen LogP contribution is -2.22. The molecular weight excluding hydrogens is 241 g/mol. The average molecular weight is 263 g/mol. The van der Waals surface area contributed by atoms with E-state index in [0.717, 1.165) is 31.0 Å². The van der Waals surface area contributed by atoms with Gasteiger partial charge < -0.3 is 9.46 Å². The lowest BCUT2D eigenvalue weighted by molar-refractivity contribution is 0.587. The molecule has 0 radical (unpaired) electrons. The summed E-state index contributed by atoms with van der Waals surface area (Å²) in [4.78, 5) is 2.30. The van der Waals surface area contributed by atoms with Crippen molar-refractivity contribution in [1.29, 1.82) is 0 Å². The van der Waals surface area contributed by atoms with Gasteiger partial charge in [-0.2, -0.15) is 0 Å². The van der Waals surface area contributed by atoms with Crippen LogP contribution in [0.5, 0.6) is 0 Å². The van der Waals surface area contributed by atoms with Gasteiger partial charge in [0.15, 0.2) is 0 Å². The molecule has 3 heteroatoms. The van der Waals surface area contributed by atoms with Crippen LogP contribution in [0.15, 0.2) is 35.7 Å². The first-order valence-corrected chi connectivity index (χ1v) is 8.68. The number of nitrogens with zero attached hydrogens (tertiary/aromatic N) is 1. The predicted octanol–water partition coefficient (Wildman–Crippen LogP) is 3.83. The normalized spacial score (nSPS) is 22.9. The molecule has 1 atom stereocenters. The van der Waals surface area contributed by atoms with Gasteiger partial charge in [-0.3, -0.25) is 0 Å². The summed E-state index contributed by atoms with van der Waals surface area (Å²) in [6.07, 6.45) is 1.79. The van der Waals surface area contributed by atoms with Crippen LogP contribution >= 0.6 is 7.14 Å². The summed E-state index contributed by atoms with van der Waals surface area (Å²) in [5, 5.41) is 1.01. The van der Waals surface area contributed by atoms with Crippen LogP contribution in [0.25, 0.3) is 0 Å². The zero-order valence-electron chi connectivity index (χ0n) is 11.5. The number of anilines is 1. The van der Waals surface area contributed by atoms with E-state index in [9.17, 15) is 4.57 Å². The Balaban J connectivity index is 2.26. The van der Waals surface area contributed by atoms with Gasteiger partial charge in [-0.25, -0.2) is 0 Å². The molecule has 18 heavy (non-hydrogen) atoms. The Labute approximate surface area is 110 Å². The van der Waals surface area contributed by atoms with Gasteiger partial charge in [0.1, 0.15) is 7.14 Å². The molecule has 0 amide bonds. The highest BCUT2D eigenvalue weighted by atomic mass is 31.2. The molecule has 2 rings (SSSR count). The van der Waals surface area contributed by atoms with E-state index in [2.05, 4.69) is 37.8 Å². The number of hydrogen-bond donors (Lipinski definition) is 0. The summed E-state index contributed by atoms with van der Waals surface area (Å²) in [7, 11) is -2.23. The van der Waals surface area contributed by atoms with Crippen LogP contribution < -0.4 is 10.2 Å². The van der Waals surface area contributed by atoms with Crippen molar-refractivity contribution in [1.82, 2.24) is 0 Å². The highest BCUT2D eigenvalue weighted by Gasteiger charge is 2.26. The van der Waals surface area contributed by atoms with Crippen LogP contribution in [-0.2, 0) is 4.57 Å². The summed E-state index contributed by atoms with van der Waals surface area (Å²) >= 11 is 0. The Morgan fingerprint density at radius 2 is 1.78 bits per heavy atom. The molecule has 1 aliphatic rings. The predicted molar refractivity (Wildman–Crippen MR) is 80.5 cm³/mol. The molecule has 1 aromatic rings. The molecule has 0 bridgehead atoms. The van der Waals surface area contributed by atoms with Crippen molar-refractivity contribution in [2.75, 3.05) is 24.2 Å². The van der Waals surface area contributed by atoms with E-state index in [1.54, 1.807) is 0 Å². The van der Waals surface area contributed by atoms with Crippen molar-refractivity contribution in [3.63, 3.8) is 0 Å². The van der Waals surface area contributed by atoms with E-state index >= 15 is 0 Å². The molecule has 0 spiro atoms. The van der Waals surface area contributed by atoms with E-state index in [1.165, 1.54) is 11.3 Å². The minimum Gasteiger partial charge on any atom is -0.372 e. The fraction of sp³-hybridized carbons (Fsp3) is 0.467. The maximum Gasteiger partial charge on any atom is 0.136 e. The molecule has 0 N–H and O–H groups in total. The van der Waals surface area contributed by atoms with Gasteiger partial charge in [0.05, 0.1) is 0 Å². The Hall–Kier alpha value is -1.01. The standard InChI is InChI=1S/C15H22NOP/c1-4-16(5-2)14-6-8-15(9-7-14)18(17)11-10-13(3)12-18/h6-9,12H,4-5,10-11H2,1-3H3. The Morgan fingerprint density at radius 3 is 2.22 bits per heavy atom. The Morgan fingerprint density at radius 1 is 1.17 bits per heavy atom. The summed E-state index contributed by atoms with van der Waals surface area (Å²) < 4.78 is 12.8. The highest BCUT2D eigenvalue weighted by molar-refractivity contribution is 7.74. The highest BCUT2D eigenvalue weighted by Crippen LogP contribution is 2.52. The van der Waals surface area contributed by atoms with Crippen LogP contribution in [0, 0.1) is 0 Å². The van der Waals surface area contributed by atoms with Crippen LogP contribution in [0.3, 0.4) is 0 Å². The van der Waals surface area contributed by atoms with Gasteiger partial charge >= 0.3 is 0 Å². The first-order valence-electron chi connectivity index (χ1n) is 6.71. The molecule has 1 heterocycles. The monoisotopic (exact) mass is 263 g/mol. The van der Waals surface area contributed by atoms with Crippen molar-refractivity contribution in [2.24, 2.45) is 0 Å². The van der Waals surface area contributed by atoms with E-state index in [4.69, 9.17) is 0 Å². The maximum absolute atomic E-state index is 12.8. The molecule has 0 fully saturated rings. The molecular formula is C15H22NOP. The maximum atomic E-state index is 12.8. The third-order valence-electron chi connectivity index (χ3n) is 3.68. The van der Waals surface area contributed by atoms with Crippen molar-refractivity contribution in [2.45, 2.75) is 27.2 Å². The second-order valence-electron chi connectivity index (χ2n) is 4.93. The SMILES string of the molecule is CCN(CC)c1ccc(P2(=O)C=C(C)CC2)cc1. The second kappa shape index (κ2) is 5.32. The van der Waals surface area contributed by atoms with Crippen molar-refractivity contribution >= 4 is 18.1 Å². The van der Waals surface area contributed by atoms with E-state index < -0.39 is 7.14 Å². The summed E-state index contributed by atoms with van der Waals surface area (Å²) in [6, 6.07) is 8.29. The fourth-order valence-electron chi connectivity index (χ4n) is 2.54. The zero-order chi connectivity index (χ0) is 13.2. The lowest BCUT2D eigenvalue weighted by atomic mass is 10.3. The molecule has 0 saturated heterocycles. The number of rotatable bonds is 4. The van der Waals surface area contributed by atoms with Crippen LogP contribution in [0.2, 0.25) is 0 Å². The Bertz CT molecular complexity index is 486. The molecule has 0 aliphatic carbocycles. The largest absolute Gasteiger partial charge is 0.372 e. The van der Waals surface area contributed by atoms with Crippen molar-refractivity contribution in [3.05, 3.63) is 35.7 Å². The molecule has 1 aliphatic heterocycles. The van der Waals surface area contributed by atoms with Crippen LogP contribution in [0.1, 0.15) is 27.2 Å². The molecule has 1 unspecified atom stereocenters. The van der Waals surface area contributed by atoms with E-state index in [1.807, 2.05) is 17.9 Å². The molecule has 0 aromatic heterocycles. The fourth-order valence-corrected chi connectivity index (χ4v) is 5.25. The van der Waals surface area contributed by atoms with Gasteiger partial charge in [0.2, 0.25) is 0 Å². The number of allylic oxidation sites excluding steroid dienone is 1. The first-order chi connectivity index (χ1) is 8.59. The van der Waals surface area contributed by atoms with E-state index in [0.29, 0.717) is 0 Å². The van der Waals surface area contributed by atoms with Crippen LogP contribution in [-0.4, -0.2) is 19.3 Å². The molecule has 2 nitrogen and oxygen atoms in total. The Kier molecular flexibility index (Phi) is 3.97.